The average molecular weight is 645 g/mol. The van der Waals surface area contributed by atoms with Gasteiger partial charge in [-0.25, -0.2) is 33.5 Å². The monoisotopic (exact) mass is 644 g/mol. The van der Waals surface area contributed by atoms with Gasteiger partial charge in [0, 0.05) is 30.4 Å². The fraction of sp³-hybridized carbons (Fsp3) is 0.143. The summed E-state index contributed by atoms with van der Waals surface area (Å²) in [6.45, 7) is 3.00. The van der Waals surface area contributed by atoms with E-state index in [0.29, 0.717) is 57.5 Å². The van der Waals surface area contributed by atoms with E-state index in [1.807, 2.05) is 51.8 Å². The number of amides is 1. The number of imidazole rings is 2. The van der Waals surface area contributed by atoms with E-state index in [9.17, 15) is 23.5 Å². The summed E-state index contributed by atoms with van der Waals surface area (Å²) >= 11 is 0. The highest BCUT2D eigenvalue weighted by Gasteiger charge is 2.23. The Kier molecular flexibility index (Phi) is 7.10. The smallest absolute Gasteiger partial charge is 0.339 e. The van der Waals surface area contributed by atoms with Gasteiger partial charge in [-0.1, -0.05) is 24.3 Å². The minimum Gasteiger partial charge on any atom is -0.478 e. The topological polar surface area (TPSA) is 130 Å². The molecule has 2 aromatic carbocycles. The summed E-state index contributed by atoms with van der Waals surface area (Å²) in [5, 5.41) is 13.7. The van der Waals surface area contributed by atoms with Crippen molar-refractivity contribution in [1.82, 2.24) is 39.0 Å². The van der Waals surface area contributed by atoms with Crippen LogP contribution >= 0.6 is 0 Å². The highest BCUT2D eigenvalue weighted by Crippen LogP contribution is 2.28. The van der Waals surface area contributed by atoms with Gasteiger partial charge in [-0.3, -0.25) is 13.6 Å². The molecular weight excluding hydrogens is 618 g/mol. The number of carboxylic acids is 1. The van der Waals surface area contributed by atoms with Gasteiger partial charge in [0.1, 0.15) is 28.5 Å². The predicted molar refractivity (Wildman–Crippen MR) is 176 cm³/mol. The van der Waals surface area contributed by atoms with E-state index >= 15 is 0 Å². The Morgan fingerprint density at radius 2 is 1.23 bits per heavy atom. The van der Waals surface area contributed by atoms with Crippen molar-refractivity contribution in [2.45, 2.75) is 6.42 Å². The van der Waals surface area contributed by atoms with Crippen molar-refractivity contribution in [1.29, 1.82) is 0 Å². The maximum atomic E-state index is 13.8. The molecule has 11 nitrogen and oxygen atoms in total. The third-order valence-electron chi connectivity index (χ3n) is 8.44. The molecule has 0 radical (unpaired) electrons. The van der Waals surface area contributed by atoms with Crippen molar-refractivity contribution in [2.24, 2.45) is 0 Å². The van der Waals surface area contributed by atoms with Gasteiger partial charge in [0.25, 0.3) is 5.91 Å². The second-order valence-electron chi connectivity index (χ2n) is 11.5. The molecule has 0 aliphatic carbocycles. The molecule has 0 atom stereocenters. The Bertz CT molecular complexity index is 2570. The molecule has 0 spiro atoms. The van der Waals surface area contributed by atoms with Crippen molar-refractivity contribution >= 4 is 67.3 Å². The molecule has 0 unspecified atom stereocenters. The second kappa shape index (κ2) is 11.6. The van der Waals surface area contributed by atoms with Gasteiger partial charge < -0.3 is 15.3 Å². The lowest BCUT2D eigenvalue weighted by molar-refractivity contribution is 0.0697. The first-order chi connectivity index (χ1) is 23.4. The first-order valence-corrected chi connectivity index (χ1v) is 15.3. The number of hydrogen-bond donors (Lipinski definition) is 2. The van der Waals surface area contributed by atoms with E-state index in [1.54, 1.807) is 16.5 Å². The third kappa shape index (κ3) is 4.91. The molecule has 0 saturated carbocycles. The highest BCUT2D eigenvalue weighted by molar-refractivity contribution is 6.05. The van der Waals surface area contributed by atoms with Crippen LogP contribution < -0.4 is 5.32 Å². The first-order valence-electron chi connectivity index (χ1n) is 15.3. The number of hydrogen-bond acceptors (Lipinski definition) is 7. The van der Waals surface area contributed by atoms with Gasteiger partial charge in [0.15, 0.2) is 11.3 Å². The van der Waals surface area contributed by atoms with Crippen molar-refractivity contribution in [3.05, 3.63) is 108 Å². The second-order valence-corrected chi connectivity index (χ2v) is 11.5. The molecular formula is C35H26F2N8O3. The summed E-state index contributed by atoms with van der Waals surface area (Å²) in [4.78, 5) is 44.0. The zero-order chi connectivity index (χ0) is 32.9. The van der Waals surface area contributed by atoms with Crippen LogP contribution in [0.15, 0.2) is 85.2 Å². The van der Waals surface area contributed by atoms with Crippen molar-refractivity contribution in [3.8, 4) is 0 Å². The maximum absolute atomic E-state index is 13.8. The van der Waals surface area contributed by atoms with Crippen LogP contribution in [0.5, 0.6) is 0 Å². The summed E-state index contributed by atoms with van der Waals surface area (Å²) in [5.41, 5.74) is 5.46. The van der Waals surface area contributed by atoms with Crippen LogP contribution in [-0.4, -0.2) is 76.8 Å². The van der Waals surface area contributed by atoms with Crippen LogP contribution in [0.4, 0.5) is 8.78 Å². The molecule has 1 amide bonds. The summed E-state index contributed by atoms with van der Waals surface area (Å²) in [5.74, 6) is -2.13. The standard InChI is InChI=1S/C20H18FN5O.C15H8FN3O2/c21-14-10-13-11-15(20(27)25-8-3-6-22-7-9-25)19-24-16-4-1-2-5-17(16)26(19)18(13)23-12-14;16-9-5-8-6-10(15(20)21)14-18-11-3-1-2-4-12(11)19(14)13(8)17-7-9/h1-2,4-5,10-12,22H,3,6-9H2;1-7H,(H,20,21). The molecule has 1 aliphatic rings. The van der Waals surface area contributed by atoms with Crippen LogP contribution in [0.3, 0.4) is 0 Å². The quantitative estimate of drug-likeness (QED) is 0.253. The fourth-order valence-corrected chi connectivity index (χ4v) is 6.30. The number of carbonyl (C=O) groups is 2. The highest BCUT2D eigenvalue weighted by atomic mass is 19.1. The van der Waals surface area contributed by atoms with Crippen molar-refractivity contribution in [2.75, 3.05) is 26.2 Å². The SMILES string of the molecule is O=C(O)c1cc2cc(F)cnc2n2c1nc1ccccc12.O=C(c1cc2cc(F)cnc2n2c1nc1ccccc12)N1CCCNCC1. The Balaban J connectivity index is 0.000000145. The number of para-hydroxylation sites is 4. The summed E-state index contributed by atoms with van der Waals surface area (Å²) in [6.07, 6.45) is 3.21. The van der Waals surface area contributed by atoms with Crippen LogP contribution in [0.1, 0.15) is 27.1 Å². The van der Waals surface area contributed by atoms with E-state index < -0.39 is 17.6 Å². The van der Waals surface area contributed by atoms with E-state index in [1.165, 1.54) is 24.4 Å². The van der Waals surface area contributed by atoms with Crippen LogP contribution in [0.2, 0.25) is 0 Å². The molecule has 6 aromatic heterocycles. The number of rotatable bonds is 2. The van der Waals surface area contributed by atoms with Crippen molar-refractivity contribution in [3.63, 3.8) is 0 Å². The molecule has 2 N–H and O–H groups in total. The van der Waals surface area contributed by atoms with E-state index in [0.717, 1.165) is 42.3 Å². The molecule has 1 fully saturated rings. The zero-order valence-electron chi connectivity index (χ0n) is 25.3. The number of benzene rings is 2. The molecule has 13 heteroatoms. The van der Waals surface area contributed by atoms with Crippen LogP contribution in [0.25, 0.3) is 55.4 Å². The van der Waals surface area contributed by atoms with E-state index in [4.69, 9.17) is 4.98 Å². The number of carboxylic acid groups (broad SMARTS) is 1. The molecule has 8 aromatic rings. The summed E-state index contributed by atoms with van der Waals surface area (Å²) < 4.78 is 30.7. The lowest BCUT2D eigenvalue weighted by atomic mass is 10.1. The largest absolute Gasteiger partial charge is 0.478 e. The van der Waals surface area contributed by atoms with Gasteiger partial charge in [-0.05, 0) is 61.5 Å². The van der Waals surface area contributed by atoms with Gasteiger partial charge >= 0.3 is 5.97 Å². The molecule has 9 rings (SSSR count). The van der Waals surface area contributed by atoms with Gasteiger partial charge in [-0.15, -0.1) is 0 Å². The number of nitrogens with one attached hydrogen (secondary N) is 1. The van der Waals surface area contributed by atoms with E-state index in [2.05, 4.69) is 20.3 Å². The fourth-order valence-electron chi connectivity index (χ4n) is 6.30. The number of aromatic nitrogens is 6. The minimum atomic E-state index is -1.11. The Morgan fingerprint density at radius 3 is 1.81 bits per heavy atom. The number of carbonyl (C=O) groups excluding carboxylic acids is 1. The average Bonchev–Trinajstić information content (AvgIpc) is 3.55. The zero-order valence-corrected chi connectivity index (χ0v) is 25.3. The number of aromatic carboxylic acids is 1. The molecule has 7 heterocycles. The number of fused-ring (bicyclic) bond motifs is 10. The first kappa shape index (κ1) is 29.3. The van der Waals surface area contributed by atoms with Crippen molar-refractivity contribution < 1.29 is 23.5 Å². The van der Waals surface area contributed by atoms with Gasteiger partial charge in [0.05, 0.1) is 40.0 Å². The Hall–Kier alpha value is -6.08. The van der Waals surface area contributed by atoms with Crippen LogP contribution in [-0.2, 0) is 0 Å². The predicted octanol–water partition coefficient (Wildman–Crippen LogP) is 5.48. The summed E-state index contributed by atoms with van der Waals surface area (Å²) in [6, 6.07) is 20.7. The normalized spacial score (nSPS) is 13.8. The van der Waals surface area contributed by atoms with E-state index in [-0.39, 0.29) is 11.5 Å². The maximum Gasteiger partial charge on any atom is 0.339 e. The summed E-state index contributed by atoms with van der Waals surface area (Å²) in [7, 11) is 0. The van der Waals surface area contributed by atoms with Gasteiger partial charge in [-0.2, -0.15) is 0 Å². The van der Waals surface area contributed by atoms with Crippen LogP contribution in [0, 0.1) is 11.6 Å². The molecule has 238 valence electrons. The lowest BCUT2D eigenvalue weighted by Crippen LogP contribution is -2.34. The Labute approximate surface area is 270 Å². The Morgan fingerprint density at radius 1 is 0.688 bits per heavy atom. The molecule has 48 heavy (non-hydrogen) atoms. The molecule has 1 aliphatic heterocycles. The number of halogens is 2. The minimum absolute atomic E-state index is 0.0195. The lowest BCUT2D eigenvalue weighted by Gasteiger charge is -2.20. The number of pyridine rings is 4. The third-order valence-corrected chi connectivity index (χ3v) is 8.44. The number of nitrogens with zero attached hydrogens (tertiary/aromatic N) is 7. The molecule has 0 bridgehead atoms. The molecule has 1 saturated heterocycles. The van der Waals surface area contributed by atoms with Gasteiger partial charge in [0.2, 0.25) is 0 Å².